The number of H-pyrrole nitrogens is 1. The molecule has 3 aromatic rings. The monoisotopic (exact) mass is 415 g/mol. The Morgan fingerprint density at radius 1 is 1.14 bits per heavy atom. The number of benzene rings is 2. The first-order valence-electron chi connectivity index (χ1n) is 8.69. The number of hydrogen-bond acceptors (Lipinski definition) is 7. The highest BCUT2D eigenvalue weighted by molar-refractivity contribution is 8.00. The summed E-state index contributed by atoms with van der Waals surface area (Å²) in [6.45, 7) is 1.99. The van der Waals surface area contributed by atoms with E-state index in [0.29, 0.717) is 12.0 Å². The molecule has 1 amide bonds. The number of carbonyl (C=O) groups is 1. The number of aromatic nitrogens is 4. The quantitative estimate of drug-likeness (QED) is 0.617. The SMILES string of the molecule is CCCc1cccc2c1C(=O)N(C(Sc1nn[nH]n1)c1ccccc1)S2(=O)=O. The summed E-state index contributed by atoms with van der Waals surface area (Å²) in [4.78, 5) is 13.4. The summed E-state index contributed by atoms with van der Waals surface area (Å²) in [6, 6.07) is 13.9. The largest absolute Gasteiger partial charge is 0.270 e. The van der Waals surface area contributed by atoms with Crippen LogP contribution in [0.1, 0.15) is 40.2 Å². The van der Waals surface area contributed by atoms with E-state index in [4.69, 9.17) is 0 Å². The Labute approximate surface area is 166 Å². The van der Waals surface area contributed by atoms with Crippen molar-refractivity contribution in [2.75, 3.05) is 0 Å². The van der Waals surface area contributed by atoms with Crippen LogP contribution >= 0.6 is 11.8 Å². The highest BCUT2D eigenvalue weighted by Crippen LogP contribution is 2.45. The number of tetrazole rings is 1. The number of nitrogens with zero attached hydrogens (tertiary/aromatic N) is 4. The smallest absolute Gasteiger partial charge is 0.268 e. The second kappa shape index (κ2) is 7.36. The van der Waals surface area contributed by atoms with E-state index in [9.17, 15) is 13.2 Å². The molecule has 1 aliphatic rings. The highest BCUT2D eigenvalue weighted by atomic mass is 32.2. The van der Waals surface area contributed by atoms with Gasteiger partial charge < -0.3 is 0 Å². The van der Waals surface area contributed by atoms with Crippen LogP contribution in [-0.2, 0) is 16.4 Å². The predicted octanol–water partition coefficient (Wildman–Crippen LogP) is 2.79. The van der Waals surface area contributed by atoms with Gasteiger partial charge in [-0.25, -0.2) is 12.7 Å². The number of aromatic amines is 1. The molecule has 2 aromatic carbocycles. The number of aryl methyl sites for hydroxylation is 1. The van der Waals surface area contributed by atoms with Crippen LogP contribution in [0.4, 0.5) is 0 Å². The highest BCUT2D eigenvalue weighted by Gasteiger charge is 2.47. The molecule has 2 heterocycles. The van der Waals surface area contributed by atoms with Crippen molar-refractivity contribution in [3.63, 3.8) is 0 Å². The van der Waals surface area contributed by atoms with Gasteiger partial charge in [-0.05, 0) is 28.8 Å². The molecule has 0 spiro atoms. The molecule has 10 heteroatoms. The van der Waals surface area contributed by atoms with Crippen LogP contribution in [0, 0.1) is 0 Å². The molecule has 0 saturated heterocycles. The third-order valence-electron chi connectivity index (χ3n) is 4.42. The molecule has 0 radical (unpaired) electrons. The third-order valence-corrected chi connectivity index (χ3v) is 7.44. The number of rotatable bonds is 6. The number of hydrogen-bond donors (Lipinski definition) is 1. The molecule has 0 bridgehead atoms. The van der Waals surface area contributed by atoms with Crippen molar-refractivity contribution in [1.29, 1.82) is 0 Å². The summed E-state index contributed by atoms with van der Waals surface area (Å²) in [6.07, 6.45) is 1.44. The molecule has 1 N–H and O–H groups in total. The van der Waals surface area contributed by atoms with E-state index >= 15 is 0 Å². The topological polar surface area (TPSA) is 109 Å². The molecule has 1 unspecified atom stereocenters. The van der Waals surface area contributed by atoms with Crippen molar-refractivity contribution in [3.05, 3.63) is 65.2 Å². The maximum absolute atomic E-state index is 13.3. The molecule has 1 aliphatic heterocycles. The molecule has 0 saturated carbocycles. The Hall–Kier alpha value is -2.72. The van der Waals surface area contributed by atoms with Crippen LogP contribution in [0.3, 0.4) is 0 Å². The van der Waals surface area contributed by atoms with E-state index in [1.54, 1.807) is 30.3 Å². The molecule has 0 aliphatic carbocycles. The summed E-state index contributed by atoms with van der Waals surface area (Å²) >= 11 is 1.05. The lowest BCUT2D eigenvalue weighted by Gasteiger charge is -2.25. The van der Waals surface area contributed by atoms with Gasteiger partial charge in [-0.2, -0.15) is 5.21 Å². The Bertz CT molecular complexity index is 1100. The lowest BCUT2D eigenvalue weighted by Crippen LogP contribution is -2.33. The summed E-state index contributed by atoms with van der Waals surface area (Å²) in [7, 11) is -4.01. The summed E-state index contributed by atoms with van der Waals surface area (Å²) in [5.74, 6) is -0.524. The molecule has 1 aromatic heterocycles. The first-order valence-corrected chi connectivity index (χ1v) is 11.0. The van der Waals surface area contributed by atoms with Crippen LogP contribution in [0.25, 0.3) is 0 Å². The van der Waals surface area contributed by atoms with Crippen LogP contribution in [-0.4, -0.2) is 39.3 Å². The zero-order valence-electron chi connectivity index (χ0n) is 14.9. The normalized spacial score (nSPS) is 16.2. The second-order valence-electron chi connectivity index (χ2n) is 6.22. The van der Waals surface area contributed by atoms with Crippen molar-refractivity contribution in [1.82, 2.24) is 24.9 Å². The molecular weight excluding hydrogens is 398 g/mol. The predicted molar refractivity (Wildman–Crippen MR) is 103 cm³/mol. The first kappa shape index (κ1) is 18.6. The van der Waals surface area contributed by atoms with E-state index in [2.05, 4.69) is 20.6 Å². The zero-order chi connectivity index (χ0) is 19.7. The van der Waals surface area contributed by atoms with Gasteiger partial charge >= 0.3 is 0 Å². The van der Waals surface area contributed by atoms with Gasteiger partial charge in [-0.15, -0.1) is 10.2 Å². The van der Waals surface area contributed by atoms with Gasteiger partial charge in [-0.3, -0.25) is 4.79 Å². The minimum absolute atomic E-state index is 0.0538. The number of fused-ring (bicyclic) bond motifs is 1. The molecule has 144 valence electrons. The molecule has 1 atom stereocenters. The van der Waals surface area contributed by atoms with Crippen molar-refractivity contribution in [3.8, 4) is 0 Å². The van der Waals surface area contributed by atoms with Crippen molar-refractivity contribution in [2.45, 2.75) is 35.2 Å². The Balaban J connectivity index is 1.85. The van der Waals surface area contributed by atoms with Crippen LogP contribution in [0.2, 0.25) is 0 Å². The summed E-state index contributed by atoms with van der Waals surface area (Å²) in [5, 5.41) is 13.1. The number of carbonyl (C=O) groups excluding carboxylic acids is 1. The van der Waals surface area contributed by atoms with E-state index in [-0.39, 0.29) is 15.6 Å². The van der Waals surface area contributed by atoms with Crippen molar-refractivity contribution >= 4 is 27.7 Å². The van der Waals surface area contributed by atoms with Gasteiger partial charge in [0.05, 0.1) is 5.56 Å². The fourth-order valence-corrected chi connectivity index (χ4v) is 6.20. The number of amides is 1. The third kappa shape index (κ3) is 3.08. The standard InChI is InChI=1S/C18H17N5O3S2/c1-2-7-12-10-6-11-14-15(12)16(24)23(28(14,25)26)17(13-8-4-3-5-9-13)27-18-19-21-22-20-18/h3-6,8-11,17H,2,7H2,1H3,(H,19,20,21,22). The van der Waals surface area contributed by atoms with Crippen molar-refractivity contribution < 1.29 is 13.2 Å². The average Bonchev–Trinajstić information content (AvgIpc) is 3.27. The van der Waals surface area contributed by atoms with Crippen molar-refractivity contribution in [2.24, 2.45) is 0 Å². The van der Waals surface area contributed by atoms with Gasteiger partial charge in [0.2, 0.25) is 5.16 Å². The van der Waals surface area contributed by atoms with E-state index < -0.39 is 21.3 Å². The molecular formula is C18H17N5O3S2. The Morgan fingerprint density at radius 3 is 2.61 bits per heavy atom. The van der Waals surface area contributed by atoms with Gasteiger partial charge in [0, 0.05) is 0 Å². The lowest BCUT2D eigenvalue weighted by molar-refractivity contribution is 0.0861. The lowest BCUT2D eigenvalue weighted by atomic mass is 10.0. The fraction of sp³-hybridized carbons (Fsp3) is 0.222. The van der Waals surface area contributed by atoms with Crippen LogP contribution in [0.5, 0.6) is 0 Å². The van der Waals surface area contributed by atoms with E-state index in [0.717, 1.165) is 28.1 Å². The number of nitrogens with one attached hydrogen (secondary N) is 1. The molecule has 0 fully saturated rings. The van der Waals surface area contributed by atoms with Gasteiger partial charge in [-0.1, -0.05) is 67.6 Å². The first-order chi connectivity index (χ1) is 13.5. The molecule has 4 rings (SSSR count). The minimum Gasteiger partial charge on any atom is -0.268 e. The Morgan fingerprint density at radius 2 is 1.93 bits per heavy atom. The van der Waals surface area contributed by atoms with Gasteiger partial charge in [0.15, 0.2) is 0 Å². The minimum atomic E-state index is -4.01. The average molecular weight is 416 g/mol. The summed E-state index contributed by atoms with van der Waals surface area (Å²) in [5.41, 5.74) is 1.66. The van der Waals surface area contributed by atoms with E-state index in [1.165, 1.54) is 6.07 Å². The van der Waals surface area contributed by atoms with E-state index in [1.807, 2.05) is 19.1 Å². The summed E-state index contributed by atoms with van der Waals surface area (Å²) < 4.78 is 27.6. The maximum Gasteiger partial charge on any atom is 0.270 e. The zero-order valence-corrected chi connectivity index (χ0v) is 16.6. The van der Waals surface area contributed by atoms with Gasteiger partial charge in [0.25, 0.3) is 15.9 Å². The Kier molecular flexibility index (Phi) is 4.90. The van der Waals surface area contributed by atoms with Crippen LogP contribution < -0.4 is 0 Å². The van der Waals surface area contributed by atoms with Crippen LogP contribution in [0.15, 0.2) is 58.6 Å². The number of thioether (sulfide) groups is 1. The maximum atomic E-state index is 13.3. The fourth-order valence-electron chi connectivity index (χ4n) is 3.24. The number of sulfonamides is 1. The molecule has 28 heavy (non-hydrogen) atoms. The second-order valence-corrected chi connectivity index (χ2v) is 9.05. The van der Waals surface area contributed by atoms with Gasteiger partial charge in [0.1, 0.15) is 10.3 Å². The molecule has 8 nitrogen and oxygen atoms in total.